The van der Waals surface area contributed by atoms with Crippen LogP contribution in [0.2, 0.25) is 0 Å². The van der Waals surface area contributed by atoms with Gasteiger partial charge in [0.05, 0.1) is 10.9 Å². The highest BCUT2D eigenvalue weighted by molar-refractivity contribution is 5.92. The zero-order chi connectivity index (χ0) is 27.4. The summed E-state index contributed by atoms with van der Waals surface area (Å²) in [6.45, 7) is 3.96. The molecule has 0 spiro atoms. The van der Waals surface area contributed by atoms with Crippen molar-refractivity contribution in [1.29, 1.82) is 0 Å². The van der Waals surface area contributed by atoms with Crippen molar-refractivity contribution in [1.82, 2.24) is 19.8 Å². The summed E-state index contributed by atoms with van der Waals surface area (Å²) in [5.41, 5.74) is -0.262. The van der Waals surface area contributed by atoms with E-state index in [0.717, 1.165) is 10.1 Å². The summed E-state index contributed by atoms with van der Waals surface area (Å²) in [5.74, 6) is -2.54. The van der Waals surface area contributed by atoms with Gasteiger partial charge in [0.15, 0.2) is 0 Å². The lowest BCUT2D eigenvalue weighted by Gasteiger charge is -2.31. The smallest absolute Gasteiger partial charge is 0.329 e. The SMILES string of the molecule is CC[C@@H](C)[C@H](NC(=O)[C@H](Cc1ccccc1)n1c(=O)[nH]c2ccccc2c1=O)C(=O)N1CCC[C@H]1C(=O)O. The third kappa shape index (κ3) is 5.39. The Morgan fingerprint density at radius 3 is 2.45 bits per heavy atom. The molecule has 4 rings (SSSR count). The molecule has 10 nitrogen and oxygen atoms in total. The van der Waals surface area contributed by atoms with Crippen molar-refractivity contribution in [3.63, 3.8) is 0 Å². The van der Waals surface area contributed by atoms with Gasteiger partial charge in [-0.1, -0.05) is 62.7 Å². The number of amides is 2. The number of aromatic amines is 1. The van der Waals surface area contributed by atoms with E-state index in [1.165, 1.54) is 4.90 Å². The molecular formula is C28H32N4O6. The van der Waals surface area contributed by atoms with Crippen LogP contribution in [0.5, 0.6) is 0 Å². The molecule has 0 unspecified atom stereocenters. The number of para-hydroxylation sites is 1. The van der Waals surface area contributed by atoms with E-state index in [0.29, 0.717) is 24.8 Å². The third-order valence-corrected chi connectivity index (χ3v) is 7.32. The van der Waals surface area contributed by atoms with E-state index in [4.69, 9.17) is 0 Å². The van der Waals surface area contributed by atoms with E-state index < -0.39 is 47.2 Å². The summed E-state index contributed by atoms with van der Waals surface area (Å²) >= 11 is 0. The largest absolute Gasteiger partial charge is 0.480 e. The molecule has 1 aliphatic rings. The molecule has 1 aromatic heterocycles. The van der Waals surface area contributed by atoms with Gasteiger partial charge in [-0.15, -0.1) is 0 Å². The summed E-state index contributed by atoms with van der Waals surface area (Å²) in [5, 5.41) is 12.6. The molecule has 4 atom stereocenters. The van der Waals surface area contributed by atoms with Crippen LogP contribution in [0.1, 0.15) is 44.7 Å². The molecule has 0 bridgehead atoms. The van der Waals surface area contributed by atoms with Crippen LogP contribution in [-0.2, 0) is 20.8 Å². The predicted octanol–water partition coefficient (Wildman–Crippen LogP) is 2.08. The maximum atomic E-state index is 13.8. The molecule has 0 radical (unpaired) electrons. The summed E-state index contributed by atoms with van der Waals surface area (Å²) in [6, 6.07) is 12.3. The fourth-order valence-electron chi connectivity index (χ4n) is 5.00. The summed E-state index contributed by atoms with van der Waals surface area (Å²) in [4.78, 5) is 69.6. The van der Waals surface area contributed by atoms with Crippen molar-refractivity contribution < 1.29 is 19.5 Å². The van der Waals surface area contributed by atoms with Gasteiger partial charge in [0.25, 0.3) is 5.56 Å². The lowest BCUT2D eigenvalue weighted by Crippen LogP contribution is -2.56. The molecule has 200 valence electrons. The molecule has 2 amide bonds. The van der Waals surface area contributed by atoms with Crippen LogP contribution in [0.3, 0.4) is 0 Å². The maximum Gasteiger partial charge on any atom is 0.329 e. The minimum absolute atomic E-state index is 0.0386. The van der Waals surface area contributed by atoms with Gasteiger partial charge in [0.2, 0.25) is 11.8 Å². The van der Waals surface area contributed by atoms with Crippen LogP contribution < -0.4 is 16.6 Å². The Labute approximate surface area is 219 Å². The first-order chi connectivity index (χ1) is 18.2. The second-order valence-electron chi connectivity index (χ2n) is 9.76. The number of benzene rings is 2. The average Bonchev–Trinajstić information content (AvgIpc) is 3.41. The molecule has 0 saturated carbocycles. The predicted molar refractivity (Wildman–Crippen MR) is 142 cm³/mol. The molecule has 1 saturated heterocycles. The Morgan fingerprint density at radius 1 is 1.08 bits per heavy atom. The topological polar surface area (TPSA) is 142 Å². The number of H-pyrrole nitrogens is 1. The highest BCUT2D eigenvalue weighted by Gasteiger charge is 2.40. The molecule has 10 heteroatoms. The first-order valence-corrected chi connectivity index (χ1v) is 12.8. The fourth-order valence-corrected chi connectivity index (χ4v) is 5.00. The van der Waals surface area contributed by atoms with Crippen LogP contribution in [0.25, 0.3) is 10.9 Å². The van der Waals surface area contributed by atoms with Crippen LogP contribution in [0, 0.1) is 5.92 Å². The van der Waals surface area contributed by atoms with Crippen LogP contribution in [0.4, 0.5) is 0 Å². The number of aliphatic carboxylic acids is 1. The van der Waals surface area contributed by atoms with Gasteiger partial charge in [-0.3, -0.25) is 14.4 Å². The molecule has 38 heavy (non-hydrogen) atoms. The number of fused-ring (bicyclic) bond motifs is 1. The monoisotopic (exact) mass is 520 g/mol. The first kappa shape index (κ1) is 26.8. The first-order valence-electron chi connectivity index (χ1n) is 12.8. The number of likely N-dealkylation sites (tertiary alicyclic amines) is 1. The minimum atomic E-state index is -1.24. The van der Waals surface area contributed by atoms with E-state index in [9.17, 15) is 29.1 Å². The Kier molecular flexibility index (Phi) is 8.09. The normalized spacial score (nSPS) is 17.6. The molecule has 3 aromatic rings. The van der Waals surface area contributed by atoms with Crippen molar-refractivity contribution in [2.24, 2.45) is 5.92 Å². The summed E-state index contributed by atoms with van der Waals surface area (Å²) < 4.78 is 0.902. The number of hydrogen-bond donors (Lipinski definition) is 3. The molecule has 2 heterocycles. The van der Waals surface area contributed by atoms with Crippen LogP contribution in [-0.4, -0.2) is 56.0 Å². The Balaban J connectivity index is 1.74. The van der Waals surface area contributed by atoms with Crippen molar-refractivity contribution in [3.05, 3.63) is 81.0 Å². The Morgan fingerprint density at radius 2 is 1.76 bits per heavy atom. The number of carboxylic acids is 1. The lowest BCUT2D eigenvalue weighted by atomic mass is 9.96. The van der Waals surface area contributed by atoms with Crippen molar-refractivity contribution in [3.8, 4) is 0 Å². The highest BCUT2D eigenvalue weighted by Crippen LogP contribution is 2.22. The van der Waals surface area contributed by atoms with Gasteiger partial charge >= 0.3 is 11.7 Å². The number of rotatable bonds is 9. The zero-order valence-electron chi connectivity index (χ0n) is 21.4. The van der Waals surface area contributed by atoms with E-state index in [1.54, 1.807) is 55.5 Å². The molecular weight excluding hydrogens is 488 g/mol. The van der Waals surface area contributed by atoms with Crippen LogP contribution >= 0.6 is 0 Å². The van der Waals surface area contributed by atoms with Gasteiger partial charge in [-0.2, -0.15) is 0 Å². The quantitative estimate of drug-likeness (QED) is 0.394. The summed E-state index contributed by atoms with van der Waals surface area (Å²) in [7, 11) is 0. The number of carbonyl (C=O) groups excluding carboxylic acids is 2. The van der Waals surface area contributed by atoms with Gasteiger partial charge in [0, 0.05) is 13.0 Å². The number of aromatic nitrogens is 2. The average molecular weight is 521 g/mol. The maximum absolute atomic E-state index is 13.8. The second-order valence-corrected chi connectivity index (χ2v) is 9.76. The third-order valence-electron chi connectivity index (χ3n) is 7.32. The van der Waals surface area contributed by atoms with Crippen molar-refractivity contribution in [2.75, 3.05) is 6.54 Å². The molecule has 2 aromatic carbocycles. The van der Waals surface area contributed by atoms with Crippen LogP contribution in [0.15, 0.2) is 64.2 Å². The van der Waals surface area contributed by atoms with E-state index in [2.05, 4.69) is 10.3 Å². The molecule has 3 N–H and O–H groups in total. The van der Waals surface area contributed by atoms with Gasteiger partial charge in [-0.25, -0.2) is 14.2 Å². The number of nitrogens with zero attached hydrogens (tertiary/aromatic N) is 2. The van der Waals surface area contributed by atoms with E-state index >= 15 is 0 Å². The number of carbonyl (C=O) groups is 3. The minimum Gasteiger partial charge on any atom is -0.480 e. The second kappa shape index (κ2) is 11.5. The number of carboxylic acid groups (broad SMARTS) is 1. The molecule has 1 aliphatic heterocycles. The van der Waals surface area contributed by atoms with E-state index in [1.807, 2.05) is 13.0 Å². The number of nitrogens with one attached hydrogen (secondary N) is 2. The molecule has 1 fully saturated rings. The van der Waals surface area contributed by atoms with Gasteiger partial charge in [-0.05, 0) is 36.5 Å². The highest BCUT2D eigenvalue weighted by atomic mass is 16.4. The number of hydrogen-bond acceptors (Lipinski definition) is 5. The van der Waals surface area contributed by atoms with E-state index in [-0.39, 0.29) is 24.3 Å². The van der Waals surface area contributed by atoms with Crippen molar-refractivity contribution in [2.45, 2.75) is 57.7 Å². The van der Waals surface area contributed by atoms with Crippen molar-refractivity contribution >= 4 is 28.7 Å². The lowest BCUT2D eigenvalue weighted by molar-refractivity contribution is -0.150. The molecule has 0 aliphatic carbocycles. The Bertz CT molecular complexity index is 1450. The standard InChI is InChI=1S/C28H32N4O6/c1-3-17(2)23(26(35)31-15-9-14-21(31)27(36)37)30-24(33)22(16-18-10-5-4-6-11-18)32-25(34)19-12-7-8-13-20(19)29-28(32)38/h4-8,10-13,17,21-23H,3,9,14-16H2,1-2H3,(H,29,38)(H,30,33)(H,36,37)/t17-,21+,22+,23+/m1/s1. The Hall–Kier alpha value is -4.21. The summed E-state index contributed by atoms with van der Waals surface area (Å²) in [6.07, 6.45) is 1.49. The van der Waals surface area contributed by atoms with Gasteiger partial charge < -0.3 is 20.3 Å². The zero-order valence-corrected chi connectivity index (χ0v) is 21.4. The fraction of sp³-hybridized carbons (Fsp3) is 0.393. The van der Waals surface area contributed by atoms with Gasteiger partial charge in [0.1, 0.15) is 18.1 Å².